The van der Waals surface area contributed by atoms with E-state index in [2.05, 4.69) is 0 Å². The third kappa shape index (κ3) is 4.77. The van der Waals surface area contributed by atoms with Gasteiger partial charge in [0.15, 0.2) is 0 Å². The minimum atomic E-state index is -0.509. The number of Topliss-reactive ketones (excluding diaryl/α,β-unsaturated/α-hetero) is 2. The molecule has 0 spiro atoms. The number of rotatable bonds is 3. The Morgan fingerprint density at radius 2 is 1.89 bits per heavy atom. The topological polar surface area (TPSA) is 60.4 Å². The van der Waals surface area contributed by atoms with Crippen molar-refractivity contribution in [1.29, 1.82) is 0 Å². The van der Waals surface area contributed by atoms with Crippen LogP contribution >= 0.6 is 0 Å². The highest BCUT2D eigenvalue weighted by molar-refractivity contribution is 6.03. The zero-order valence-corrected chi connectivity index (χ0v) is 12.5. The van der Waals surface area contributed by atoms with E-state index in [1.54, 1.807) is 6.92 Å². The summed E-state index contributed by atoms with van der Waals surface area (Å²) in [7, 11) is 0. The average Bonchev–Trinajstić information content (AvgIpc) is 2.23. The van der Waals surface area contributed by atoms with Crippen LogP contribution in [0, 0.1) is 17.8 Å². The summed E-state index contributed by atoms with van der Waals surface area (Å²) in [5, 5.41) is 0. The molecule has 1 aliphatic carbocycles. The third-order valence-electron chi connectivity index (χ3n) is 3.44. The maximum Gasteiger partial charge on any atom is 0.309 e. The molecule has 4 nitrogen and oxygen atoms in total. The van der Waals surface area contributed by atoms with Gasteiger partial charge in [-0.2, -0.15) is 0 Å². The molecule has 0 saturated heterocycles. The van der Waals surface area contributed by atoms with Gasteiger partial charge in [-0.15, -0.1) is 0 Å². The number of carbonyl (C=O) groups is 3. The first kappa shape index (κ1) is 15.9. The van der Waals surface area contributed by atoms with E-state index in [0.29, 0.717) is 12.8 Å². The monoisotopic (exact) mass is 268 g/mol. The standard InChI is InChI=1S/C15H24O4/c1-9-6-11(13(17)8-12(9)16)7-10(2)14(18)19-15(3,4)5/h9-11H,6-8H2,1-5H3. The lowest BCUT2D eigenvalue weighted by Gasteiger charge is -2.27. The summed E-state index contributed by atoms with van der Waals surface area (Å²) in [5.74, 6) is -0.855. The molecule has 0 aliphatic heterocycles. The Hall–Kier alpha value is -1.19. The largest absolute Gasteiger partial charge is 0.460 e. The van der Waals surface area contributed by atoms with E-state index < -0.39 is 5.60 Å². The van der Waals surface area contributed by atoms with Crippen molar-refractivity contribution in [2.45, 2.75) is 59.5 Å². The van der Waals surface area contributed by atoms with Crippen LogP contribution in [0.25, 0.3) is 0 Å². The summed E-state index contributed by atoms with van der Waals surface area (Å²) in [6.45, 7) is 9.10. The maximum absolute atomic E-state index is 11.9. The van der Waals surface area contributed by atoms with Gasteiger partial charge in [0.25, 0.3) is 0 Å². The fraction of sp³-hybridized carbons (Fsp3) is 0.800. The summed E-state index contributed by atoms with van der Waals surface area (Å²) < 4.78 is 5.31. The predicted octanol–water partition coefficient (Wildman–Crippen LogP) is 2.54. The first-order valence-corrected chi connectivity index (χ1v) is 6.88. The molecule has 0 bridgehead atoms. The van der Waals surface area contributed by atoms with Gasteiger partial charge in [0, 0.05) is 11.8 Å². The molecule has 3 atom stereocenters. The van der Waals surface area contributed by atoms with Gasteiger partial charge in [0.05, 0.1) is 12.3 Å². The highest BCUT2D eigenvalue weighted by Gasteiger charge is 2.34. The summed E-state index contributed by atoms with van der Waals surface area (Å²) in [6.07, 6.45) is 1.06. The van der Waals surface area contributed by atoms with Crippen LogP contribution in [0.5, 0.6) is 0 Å². The van der Waals surface area contributed by atoms with Crippen LogP contribution in [0.4, 0.5) is 0 Å². The Morgan fingerprint density at radius 3 is 2.42 bits per heavy atom. The van der Waals surface area contributed by atoms with E-state index in [4.69, 9.17) is 4.74 Å². The molecule has 3 unspecified atom stereocenters. The quantitative estimate of drug-likeness (QED) is 0.583. The molecule has 1 fully saturated rings. The first-order chi connectivity index (χ1) is 8.60. The average molecular weight is 268 g/mol. The molecular weight excluding hydrogens is 244 g/mol. The van der Waals surface area contributed by atoms with Crippen LogP contribution in [0.2, 0.25) is 0 Å². The Labute approximate surface area is 114 Å². The molecule has 0 N–H and O–H groups in total. The molecule has 1 saturated carbocycles. The minimum Gasteiger partial charge on any atom is -0.460 e. The van der Waals surface area contributed by atoms with Crippen molar-refractivity contribution in [2.75, 3.05) is 0 Å². The third-order valence-corrected chi connectivity index (χ3v) is 3.44. The van der Waals surface area contributed by atoms with Crippen molar-refractivity contribution >= 4 is 17.5 Å². The van der Waals surface area contributed by atoms with Crippen molar-refractivity contribution in [3.8, 4) is 0 Å². The van der Waals surface area contributed by atoms with Crippen molar-refractivity contribution in [3.63, 3.8) is 0 Å². The molecule has 0 aromatic rings. The molecule has 0 radical (unpaired) electrons. The van der Waals surface area contributed by atoms with Crippen LogP contribution in [-0.4, -0.2) is 23.1 Å². The molecule has 0 amide bonds. The van der Waals surface area contributed by atoms with E-state index in [-0.39, 0.29) is 41.7 Å². The summed E-state index contributed by atoms with van der Waals surface area (Å²) in [4.78, 5) is 35.1. The molecule has 4 heteroatoms. The van der Waals surface area contributed by atoms with E-state index in [1.165, 1.54) is 0 Å². The highest BCUT2D eigenvalue weighted by atomic mass is 16.6. The Balaban J connectivity index is 2.57. The number of carbonyl (C=O) groups excluding carboxylic acids is 3. The van der Waals surface area contributed by atoms with E-state index >= 15 is 0 Å². The molecule has 1 rings (SSSR count). The van der Waals surface area contributed by atoms with Crippen LogP contribution in [0.15, 0.2) is 0 Å². The van der Waals surface area contributed by atoms with Gasteiger partial charge in [-0.3, -0.25) is 14.4 Å². The smallest absolute Gasteiger partial charge is 0.309 e. The lowest BCUT2D eigenvalue weighted by molar-refractivity contribution is -0.160. The van der Waals surface area contributed by atoms with Gasteiger partial charge in [0.2, 0.25) is 0 Å². The number of ether oxygens (including phenoxy) is 1. The van der Waals surface area contributed by atoms with E-state index in [9.17, 15) is 14.4 Å². The lowest BCUT2D eigenvalue weighted by atomic mass is 9.77. The molecule has 0 heterocycles. The second-order valence-corrected chi connectivity index (χ2v) is 6.61. The van der Waals surface area contributed by atoms with Crippen molar-refractivity contribution < 1.29 is 19.1 Å². The van der Waals surface area contributed by atoms with Crippen LogP contribution in [-0.2, 0) is 19.1 Å². The van der Waals surface area contributed by atoms with Crippen LogP contribution in [0.1, 0.15) is 53.9 Å². The highest BCUT2D eigenvalue weighted by Crippen LogP contribution is 2.29. The molecular formula is C15H24O4. The second kappa shape index (κ2) is 5.85. The first-order valence-electron chi connectivity index (χ1n) is 6.88. The van der Waals surface area contributed by atoms with Crippen molar-refractivity contribution in [1.82, 2.24) is 0 Å². The van der Waals surface area contributed by atoms with Gasteiger partial charge in [-0.25, -0.2) is 0 Å². The maximum atomic E-state index is 11.9. The van der Waals surface area contributed by atoms with Crippen LogP contribution in [0.3, 0.4) is 0 Å². The second-order valence-electron chi connectivity index (χ2n) is 6.61. The van der Waals surface area contributed by atoms with Gasteiger partial charge in [0.1, 0.15) is 17.2 Å². The van der Waals surface area contributed by atoms with E-state index in [1.807, 2.05) is 27.7 Å². The lowest BCUT2D eigenvalue weighted by Crippen LogP contribution is -2.34. The predicted molar refractivity (Wildman–Crippen MR) is 71.5 cm³/mol. The van der Waals surface area contributed by atoms with Gasteiger partial charge in [-0.05, 0) is 33.6 Å². The normalized spacial score (nSPS) is 26.2. The molecule has 108 valence electrons. The van der Waals surface area contributed by atoms with Gasteiger partial charge < -0.3 is 4.74 Å². The van der Waals surface area contributed by atoms with Crippen LogP contribution < -0.4 is 0 Å². The fourth-order valence-electron chi connectivity index (χ4n) is 2.33. The molecule has 1 aliphatic rings. The summed E-state index contributed by atoms with van der Waals surface area (Å²) in [6, 6.07) is 0. The number of ketones is 2. The van der Waals surface area contributed by atoms with Crippen molar-refractivity contribution in [3.05, 3.63) is 0 Å². The zero-order valence-electron chi connectivity index (χ0n) is 12.5. The molecule has 0 aromatic heterocycles. The van der Waals surface area contributed by atoms with Gasteiger partial charge >= 0.3 is 5.97 Å². The minimum absolute atomic E-state index is 0.0196. The Bertz CT molecular complexity index is 378. The number of hydrogen-bond acceptors (Lipinski definition) is 4. The van der Waals surface area contributed by atoms with Crippen molar-refractivity contribution in [2.24, 2.45) is 17.8 Å². The zero-order chi connectivity index (χ0) is 14.8. The molecule has 19 heavy (non-hydrogen) atoms. The summed E-state index contributed by atoms with van der Waals surface area (Å²) >= 11 is 0. The Kier molecular flexibility index (Phi) is 4.88. The Morgan fingerprint density at radius 1 is 1.32 bits per heavy atom. The fourth-order valence-corrected chi connectivity index (χ4v) is 2.33. The molecule has 0 aromatic carbocycles. The SMILES string of the molecule is CC1CC(CC(C)C(=O)OC(C)(C)C)C(=O)CC1=O. The van der Waals surface area contributed by atoms with E-state index in [0.717, 1.165) is 0 Å². The summed E-state index contributed by atoms with van der Waals surface area (Å²) in [5.41, 5.74) is -0.509. The number of hydrogen-bond donors (Lipinski definition) is 0. The number of esters is 1. The van der Waals surface area contributed by atoms with Gasteiger partial charge in [-0.1, -0.05) is 13.8 Å².